The van der Waals surface area contributed by atoms with Crippen molar-refractivity contribution in [2.45, 2.75) is 20.8 Å². The number of aryl methyl sites for hydroxylation is 3. The molecular weight excluding hydrogens is 482 g/mol. The Morgan fingerprint density at radius 3 is 1.20 bits per heavy atom. The minimum atomic E-state index is 1.13. The van der Waals surface area contributed by atoms with Crippen LogP contribution in [-0.4, -0.2) is 0 Å². The second-order valence-corrected chi connectivity index (χ2v) is 10.5. The van der Waals surface area contributed by atoms with Gasteiger partial charge in [-0.1, -0.05) is 132 Å². The molecule has 0 amide bonds. The molecule has 0 radical (unpaired) electrons. The summed E-state index contributed by atoms with van der Waals surface area (Å²) < 4.78 is 0. The lowest BCUT2D eigenvalue weighted by Crippen LogP contribution is -2.12. The van der Waals surface area contributed by atoms with E-state index in [2.05, 4.69) is 171 Å². The van der Waals surface area contributed by atoms with Crippen LogP contribution in [0, 0.1) is 20.8 Å². The number of hydrogen-bond donors (Lipinski definition) is 0. The zero-order valence-electron chi connectivity index (χ0n) is 23.3. The maximum Gasteiger partial charge on any atom is 0.0546 e. The monoisotopic (exact) mass is 515 g/mol. The molecule has 6 aromatic rings. The third-order valence-electron chi connectivity index (χ3n) is 7.50. The van der Waals surface area contributed by atoms with Gasteiger partial charge in [0.1, 0.15) is 0 Å². The summed E-state index contributed by atoms with van der Waals surface area (Å²) in [6.07, 6.45) is 0. The fraction of sp³-hybridized carbons (Fsp3) is 0.0769. The van der Waals surface area contributed by atoms with Gasteiger partial charge in [-0.05, 0) is 78.9 Å². The van der Waals surface area contributed by atoms with Gasteiger partial charge in [0.25, 0.3) is 0 Å². The lowest BCUT2D eigenvalue weighted by Gasteiger charge is -2.30. The summed E-state index contributed by atoms with van der Waals surface area (Å²) in [5, 5.41) is 0. The van der Waals surface area contributed by atoms with Crippen molar-refractivity contribution in [2.75, 3.05) is 4.90 Å². The lowest BCUT2D eigenvalue weighted by atomic mass is 9.85. The first-order chi connectivity index (χ1) is 19.6. The summed E-state index contributed by atoms with van der Waals surface area (Å²) in [4.78, 5) is 2.38. The molecule has 0 N–H and O–H groups in total. The Morgan fingerprint density at radius 1 is 0.350 bits per heavy atom. The zero-order chi connectivity index (χ0) is 27.5. The van der Waals surface area contributed by atoms with Crippen LogP contribution in [0.3, 0.4) is 0 Å². The number of hydrogen-bond acceptors (Lipinski definition) is 1. The van der Waals surface area contributed by atoms with E-state index < -0.39 is 0 Å². The van der Waals surface area contributed by atoms with Gasteiger partial charge < -0.3 is 4.90 Å². The van der Waals surface area contributed by atoms with E-state index >= 15 is 0 Å². The molecule has 1 heteroatoms. The highest BCUT2D eigenvalue weighted by atomic mass is 15.1. The molecule has 0 aliphatic heterocycles. The van der Waals surface area contributed by atoms with Gasteiger partial charge in [-0.25, -0.2) is 0 Å². The molecule has 194 valence electrons. The number of benzene rings is 6. The number of nitrogens with zero attached hydrogens (tertiary/aromatic N) is 1. The van der Waals surface area contributed by atoms with Gasteiger partial charge in [-0.2, -0.15) is 0 Å². The second-order valence-electron chi connectivity index (χ2n) is 10.5. The zero-order valence-corrected chi connectivity index (χ0v) is 23.3. The Kier molecular flexibility index (Phi) is 7.04. The smallest absolute Gasteiger partial charge is 0.0546 e. The summed E-state index contributed by atoms with van der Waals surface area (Å²) in [6.45, 7) is 6.44. The van der Waals surface area contributed by atoms with E-state index in [1.165, 1.54) is 50.1 Å². The first kappa shape index (κ1) is 25.4. The molecule has 6 rings (SSSR count). The van der Waals surface area contributed by atoms with Crippen LogP contribution in [0.2, 0.25) is 0 Å². The van der Waals surface area contributed by atoms with Gasteiger partial charge in [0, 0.05) is 16.9 Å². The fourth-order valence-electron chi connectivity index (χ4n) is 5.37. The normalized spacial score (nSPS) is 10.9. The van der Waals surface area contributed by atoms with E-state index in [0.29, 0.717) is 0 Å². The number of rotatable bonds is 6. The Labute approximate surface area is 238 Å². The molecule has 0 saturated heterocycles. The highest BCUT2D eigenvalue weighted by Gasteiger charge is 2.23. The second kappa shape index (κ2) is 11.1. The van der Waals surface area contributed by atoms with E-state index in [9.17, 15) is 0 Å². The first-order valence-electron chi connectivity index (χ1n) is 13.9. The van der Waals surface area contributed by atoms with Crippen LogP contribution in [-0.2, 0) is 0 Å². The average molecular weight is 516 g/mol. The van der Waals surface area contributed by atoms with E-state index in [-0.39, 0.29) is 0 Å². The predicted octanol–water partition coefficient (Wildman–Crippen LogP) is 11.1. The van der Waals surface area contributed by atoms with Gasteiger partial charge in [-0.3, -0.25) is 0 Å². The van der Waals surface area contributed by atoms with Gasteiger partial charge in [-0.15, -0.1) is 0 Å². The van der Waals surface area contributed by atoms with Crippen molar-refractivity contribution < 1.29 is 0 Å². The molecule has 0 spiro atoms. The van der Waals surface area contributed by atoms with Crippen LogP contribution in [0.25, 0.3) is 33.4 Å². The standard InChI is InChI=1S/C39H33N/c1-28-14-20-31(21-15-28)36-26-27-37(40(34-10-6-4-7-11-34)35-12-8-5-9-13-35)39(33-24-18-30(3)19-25-33)38(36)32-22-16-29(2)17-23-32/h4-27H,1-3H3. The maximum absolute atomic E-state index is 2.38. The molecule has 0 atom stereocenters. The van der Waals surface area contributed by atoms with Crippen molar-refractivity contribution >= 4 is 17.1 Å². The van der Waals surface area contributed by atoms with E-state index in [1.54, 1.807) is 0 Å². The van der Waals surface area contributed by atoms with Crippen LogP contribution < -0.4 is 4.90 Å². The van der Waals surface area contributed by atoms with E-state index in [0.717, 1.165) is 17.1 Å². The summed E-state index contributed by atoms with van der Waals surface area (Å²) in [5.74, 6) is 0. The summed E-state index contributed by atoms with van der Waals surface area (Å²) >= 11 is 0. The number of para-hydroxylation sites is 2. The van der Waals surface area contributed by atoms with Crippen molar-refractivity contribution in [1.82, 2.24) is 0 Å². The lowest BCUT2D eigenvalue weighted by molar-refractivity contribution is 1.28. The maximum atomic E-state index is 2.38. The highest BCUT2D eigenvalue weighted by molar-refractivity contribution is 6.02. The van der Waals surface area contributed by atoms with Gasteiger partial charge in [0.2, 0.25) is 0 Å². The van der Waals surface area contributed by atoms with Crippen LogP contribution in [0.1, 0.15) is 16.7 Å². The summed E-state index contributed by atoms with van der Waals surface area (Å²) in [7, 11) is 0. The van der Waals surface area contributed by atoms with Crippen LogP contribution in [0.15, 0.2) is 146 Å². The van der Waals surface area contributed by atoms with Crippen LogP contribution in [0.5, 0.6) is 0 Å². The van der Waals surface area contributed by atoms with Crippen molar-refractivity contribution in [3.63, 3.8) is 0 Å². The first-order valence-corrected chi connectivity index (χ1v) is 13.9. The van der Waals surface area contributed by atoms with E-state index in [4.69, 9.17) is 0 Å². The van der Waals surface area contributed by atoms with Crippen LogP contribution in [0.4, 0.5) is 17.1 Å². The Bertz CT molecular complexity index is 1680. The topological polar surface area (TPSA) is 3.24 Å². The highest BCUT2D eigenvalue weighted by Crippen LogP contribution is 2.49. The molecule has 0 saturated carbocycles. The minimum Gasteiger partial charge on any atom is -0.310 e. The van der Waals surface area contributed by atoms with E-state index in [1.807, 2.05) is 0 Å². The van der Waals surface area contributed by atoms with Crippen molar-refractivity contribution in [3.8, 4) is 33.4 Å². The molecule has 0 heterocycles. The molecule has 0 bridgehead atoms. The molecule has 0 fully saturated rings. The largest absolute Gasteiger partial charge is 0.310 e. The Morgan fingerprint density at radius 2 is 0.750 bits per heavy atom. The molecule has 1 nitrogen and oxygen atoms in total. The predicted molar refractivity (Wildman–Crippen MR) is 172 cm³/mol. The van der Waals surface area contributed by atoms with Gasteiger partial charge >= 0.3 is 0 Å². The fourth-order valence-corrected chi connectivity index (χ4v) is 5.37. The van der Waals surface area contributed by atoms with Crippen molar-refractivity contribution in [3.05, 3.63) is 162 Å². The van der Waals surface area contributed by atoms with Crippen molar-refractivity contribution in [1.29, 1.82) is 0 Å². The molecule has 0 unspecified atom stereocenters. The molecule has 6 aromatic carbocycles. The minimum absolute atomic E-state index is 1.13. The third-order valence-corrected chi connectivity index (χ3v) is 7.50. The average Bonchev–Trinajstić information content (AvgIpc) is 3.00. The van der Waals surface area contributed by atoms with Gasteiger partial charge in [0.15, 0.2) is 0 Å². The molecular formula is C39H33N. The third kappa shape index (κ3) is 5.07. The SMILES string of the molecule is Cc1ccc(-c2ccc(N(c3ccccc3)c3ccccc3)c(-c3ccc(C)cc3)c2-c2ccc(C)cc2)cc1. The molecule has 0 aromatic heterocycles. The summed E-state index contributed by atoms with van der Waals surface area (Å²) in [6, 6.07) is 52.7. The van der Waals surface area contributed by atoms with Crippen LogP contribution >= 0.6 is 0 Å². The molecule has 0 aliphatic rings. The van der Waals surface area contributed by atoms with Gasteiger partial charge in [0.05, 0.1) is 5.69 Å². The Balaban J connectivity index is 1.73. The van der Waals surface area contributed by atoms with Crippen molar-refractivity contribution in [2.24, 2.45) is 0 Å². The number of anilines is 3. The molecule has 40 heavy (non-hydrogen) atoms. The molecule has 0 aliphatic carbocycles. The summed E-state index contributed by atoms with van der Waals surface area (Å²) in [5.41, 5.74) is 14.5. The quantitative estimate of drug-likeness (QED) is 0.213. The Hall–Kier alpha value is -4.88.